The van der Waals surface area contributed by atoms with E-state index in [2.05, 4.69) is 144 Å². The number of rotatable bonds is 4. The summed E-state index contributed by atoms with van der Waals surface area (Å²) in [5, 5.41) is 7.27. The summed E-state index contributed by atoms with van der Waals surface area (Å²) in [5.41, 5.74) is 7.64. The molecule has 0 aliphatic rings. The van der Waals surface area contributed by atoms with Gasteiger partial charge in [0.2, 0.25) is 0 Å². The van der Waals surface area contributed by atoms with Crippen molar-refractivity contribution >= 4 is 81.3 Å². The van der Waals surface area contributed by atoms with Crippen molar-refractivity contribution in [3.8, 4) is 11.1 Å². The minimum absolute atomic E-state index is 0.904. The van der Waals surface area contributed by atoms with Crippen LogP contribution in [0.5, 0.6) is 0 Å². The van der Waals surface area contributed by atoms with Gasteiger partial charge < -0.3 is 9.32 Å². The summed E-state index contributed by atoms with van der Waals surface area (Å²) in [7, 11) is 0. The van der Waals surface area contributed by atoms with Crippen molar-refractivity contribution in [1.82, 2.24) is 0 Å². The van der Waals surface area contributed by atoms with Crippen LogP contribution >= 0.6 is 11.3 Å². The van der Waals surface area contributed by atoms with Crippen molar-refractivity contribution in [3.05, 3.63) is 152 Å². The van der Waals surface area contributed by atoms with Crippen molar-refractivity contribution in [2.75, 3.05) is 4.90 Å². The predicted octanol–water partition coefficient (Wildman–Crippen LogP) is 12.2. The Hall–Kier alpha value is -5.38. The minimum Gasteiger partial charge on any atom is -0.456 e. The van der Waals surface area contributed by atoms with Gasteiger partial charge in [-0.05, 0) is 71.1 Å². The van der Waals surface area contributed by atoms with Gasteiger partial charge >= 0.3 is 0 Å². The number of hydrogen-bond donors (Lipinski definition) is 0. The summed E-state index contributed by atoms with van der Waals surface area (Å²) in [5.74, 6) is 0. The summed E-state index contributed by atoms with van der Waals surface area (Å²) in [6.45, 7) is 0. The highest BCUT2D eigenvalue weighted by atomic mass is 32.1. The van der Waals surface area contributed by atoms with E-state index in [-0.39, 0.29) is 0 Å². The van der Waals surface area contributed by atoms with Crippen LogP contribution in [0.4, 0.5) is 17.1 Å². The molecule has 7 aromatic carbocycles. The summed E-state index contributed by atoms with van der Waals surface area (Å²) in [4.78, 5) is 2.35. The molecular weight excluding hydrogens is 543 g/mol. The van der Waals surface area contributed by atoms with Gasteiger partial charge in [-0.25, -0.2) is 0 Å². The second kappa shape index (κ2) is 9.59. The van der Waals surface area contributed by atoms with Gasteiger partial charge in [0.25, 0.3) is 0 Å². The fourth-order valence-corrected chi connectivity index (χ4v) is 7.68. The van der Waals surface area contributed by atoms with E-state index in [0.29, 0.717) is 0 Å². The third kappa shape index (κ3) is 3.86. The van der Waals surface area contributed by atoms with Crippen molar-refractivity contribution in [3.63, 3.8) is 0 Å². The Morgan fingerprint density at radius 1 is 0.465 bits per heavy atom. The van der Waals surface area contributed by atoms with E-state index < -0.39 is 0 Å². The molecule has 0 N–H and O–H groups in total. The molecule has 2 aromatic heterocycles. The van der Waals surface area contributed by atoms with Gasteiger partial charge in [-0.1, -0.05) is 97.1 Å². The zero-order chi connectivity index (χ0) is 28.3. The topological polar surface area (TPSA) is 16.4 Å². The lowest BCUT2D eigenvalue weighted by Crippen LogP contribution is -2.10. The molecule has 9 aromatic rings. The van der Waals surface area contributed by atoms with Crippen molar-refractivity contribution in [2.45, 2.75) is 0 Å². The molecule has 0 unspecified atom stereocenters. The van der Waals surface area contributed by atoms with Gasteiger partial charge in [-0.2, -0.15) is 0 Å². The third-order valence-corrected chi connectivity index (χ3v) is 9.67. The molecule has 3 heteroatoms. The lowest BCUT2D eigenvalue weighted by Gasteiger charge is -2.27. The predicted molar refractivity (Wildman–Crippen MR) is 184 cm³/mol. The largest absolute Gasteiger partial charge is 0.456 e. The Morgan fingerprint density at radius 2 is 1.19 bits per heavy atom. The summed E-state index contributed by atoms with van der Waals surface area (Å²) < 4.78 is 8.97. The zero-order valence-corrected chi connectivity index (χ0v) is 24.0. The molecule has 202 valence electrons. The Bertz CT molecular complexity index is 2450. The van der Waals surface area contributed by atoms with E-state index in [1.54, 1.807) is 0 Å². The molecule has 0 aliphatic carbocycles. The van der Waals surface area contributed by atoms with Crippen LogP contribution in [0.15, 0.2) is 156 Å². The van der Waals surface area contributed by atoms with Crippen molar-refractivity contribution < 1.29 is 4.42 Å². The monoisotopic (exact) mass is 567 g/mol. The normalized spacial score (nSPS) is 11.7. The first-order chi connectivity index (χ1) is 21.3. The summed E-state index contributed by atoms with van der Waals surface area (Å²) in [6, 6.07) is 54.2. The smallest absolute Gasteiger partial charge is 0.136 e. The highest BCUT2D eigenvalue weighted by Crippen LogP contribution is 2.43. The molecule has 2 nitrogen and oxygen atoms in total. The Kier molecular flexibility index (Phi) is 5.40. The number of benzene rings is 7. The van der Waals surface area contributed by atoms with E-state index in [1.165, 1.54) is 36.7 Å². The quantitative estimate of drug-likeness (QED) is 0.210. The average molecular weight is 568 g/mol. The Balaban J connectivity index is 1.21. The van der Waals surface area contributed by atoms with E-state index in [0.717, 1.165) is 44.4 Å². The van der Waals surface area contributed by atoms with Crippen molar-refractivity contribution in [1.29, 1.82) is 0 Å². The van der Waals surface area contributed by atoms with Crippen molar-refractivity contribution in [2.24, 2.45) is 0 Å². The average Bonchev–Trinajstić information content (AvgIpc) is 3.63. The van der Waals surface area contributed by atoms with Gasteiger partial charge in [0.1, 0.15) is 11.2 Å². The fourth-order valence-electron chi connectivity index (χ4n) is 6.44. The molecule has 0 radical (unpaired) electrons. The number of para-hydroxylation sites is 2. The number of hydrogen-bond acceptors (Lipinski definition) is 3. The van der Waals surface area contributed by atoms with E-state index >= 15 is 0 Å². The molecule has 9 rings (SSSR count). The van der Waals surface area contributed by atoms with Crippen LogP contribution < -0.4 is 4.90 Å². The maximum atomic E-state index is 6.31. The van der Waals surface area contributed by atoms with Gasteiger partial charge in [-0.15, -0.1) is 11.3 Å². The summed E-state index contributed by atoms with van der Waals surface area (Å²) in [6.07, 6.45) is 0. The van der Waals surface area contributed by atoms with Crippen LogP contribution in [-0.4, -0.2) is 0 Å². The van der Waals surface area contributed by atoms with Gasteiger partial charge in [0, 0.05) is 47.7 Å². The maximum Gasteiger partial charge on any atom is 0.136 e. The highest BCUT2D eigenvalue weighted by molar-refractivity contribution is 7.26. The first kappa shape index (κ1) is 24.2. The van der Waals surface area contributed by atoms with Crippen LogP contribution in [0.2, 0.25) is 0 Å². The SMILES string of the molecule is c1ccc(N(c2ccc(-c3cccc4c3sc3ccccc34)cc2)c2cccc3cc4c(cc23)oc2ccccc24)cc1. The Morgan fingerprint density at radius 3 is 2.07 bits per heavy atom. The first-order valence-electron chi connectivity index (χ1n) is 14.5. The molecule has 0 spiro atoms. The van der Waals surface area contributed by atoms with E-state index in [9.17, 15) is 0 Å². The second-order valence-electron chi connectivity index (χ2n) is 10.9. The lowest BCUT2D eigenvalue weighted by molar-refractivity contribution is 0.669. The second-order valence-corrected chi connectivity index (χ2v) is 12.0. The van der Waals surface area contributed by atoms with Crippen LogP contribution in [0.25, 0.3) is 64.0 Å². The molecule has 0 fully saturated rings. The molecule has 0 atom stereocenters. The van der Waals surface area contributed by atoms with Gasteiger partial charge in [0.15, 0.2) is 0 Å². The number of furan rings is 1. The molecule has 43 heavy (non-hydrogen) atoms. The number of thiophene rings is 1. The van der Waals surface area contributed by atoms with E-state index in [4.69, 9.17) is 4.42 Å². The standard InChI is InChI=1S/C40H25NOS/c1-2-11-28(12-3-1)41(36-17-8-10-27-24-35-31-13-4-6-18-37(31)42-38(35)25-34(27)36)29-22-20-26(21-23-29)30-15-9-16-33-32-14-5-7-19-39(32)43-40(30)33/h1-25H. The first-order valence-corrected chi connectivity index (χ1v) is 15.3. The molecule has 0 saturated carbocycles. The van der Waals surface area contributed by atoms with Crippen LogP contribution in [-0.2, 0) is 0 Å². The van der Waals surface area contributed by atoms with Gasteiger partial charge in [-0.3, -0.25) is 0 Å². The molecule has 0 amide bonds. The lowest BCUT2D eigenvalue weighted by atomic mass is 10.0. The van der Waals surface area contributed by atoms with Crippen LogP contribution in [0.1, 0.15) is 0 Å². The number of anilines is 3. The van der Waals surface area contributed by atoms with Gasteiger partial charge in [0.05, 0.1) is 5.69 Å². The number of nitrogens with zero attached hydrogens (tertiary/aromatic N) is 1. The Labute approximate surface area is 252 Å². The zero-order valence-electron chi connectivity index (χ0n) is 23.2. The maximum absolute atomic E-state index is 6.31. The molecule has 0 aliphatic heterocycles. The molecule has 0 bridgehead atoms. The fraction of sp³-hybridized carbons (Fsp3) is 0. The number of fused-ring (bicyclic) bond motifs is 7. The molecular formula is C40H25NOS. The third-order valence-electron chi connectivity index (χ3n) is 8.45. The highest BCUT2D eigenvalue weighted by Gasteiger charge is 2.18. The molecule has 0 saturated heterocycles. The van der Waals surface area contributed by atoms with E-state index in [1.807, 2.05) is 23.5 Å². The summed E-state index contributed by atoms with van der Waals surface area (Å²) >= 11 is 1.87. The minimum atomic E-state index is 0.904. The van der Waals surface area contributed by atoms with Crippen LogP contribution in [0.3, 0.4) is 0 Å². The molecule has 2 heterocycles. The van der Waals surface area contributed by atoms with Crippen LogP contribution in [0, 0.1) is 0 Å².